The van der Waals surface area contributed by atoms with Crippen LogP contribution >= 0.6 is 11.6 Å². The lowest BCUT2D eigenvalue weighted by atomic mass is 9.95. The van der Waals surface area contributed by atoms with E-state index in [4.69, 9.17) is 16.9 Å². The Kier molecular flexibility index (Phi) is 6.32. The number of rotatable bonds is 4. The fourth-order valence-electron chi connectivity index (χ4n) is 4.24. The summed E-state index contributed by atoms with van der Waals surface area (Å²) in [5.74, 6) is -3.65. The number of nitrogens with zero attached hydrogens (tertiary/aromatic N) is 3. The Morgan fingerprint density at radius 1 is 1.10 bits per heavy atom. The molecule has 1 aromatic heterocycles. The number of carbonyl (C=O) groups is 2. The lowest BCUT2D eigenvalue weighted by Gasteiger charge is -2.19. The van der Waals surface area contributed by atoms with Gasteiger partial charge in [0.15, 0.2) is 5.69 Å². The first-order valence-electron chi connectivity index (χ1n) is 11.0. The number of nitriles is 1. The van der Waals surface area contributed by atoms with Crippen molar-refractivity contribution < 1.29 is 31.5 Å². The van der Waals surface area contributed by atoms with Gasteiger partial charge in [0.25, 0.3) is 11.8 Å². The molecule has 2 N–H and O–H groups in total. The van der Waals surface area contributed by atoms with Gasteiger partial charge < -0.3 is 15.2 Å². The van der Waals surface area contributed by atoms with Crippen molar-refractivity contribution in [3.63, 3.8) is 0 Å². The molecular formula is C26H13ClF5N5O2. The highest BCUT2D eigenvalue weighted by Crippen LogP contribution is 2.41. The molecule has 2 amide bonds. The number of imidazole rings is 1. The molecule has 2 heterocycles. The molecule has 0 saturated heterocycles. The molecule has 0 spiro atoms. The topological polar surface area (TPSA) is 99.8 Å². The van der Waals surface area contributed by atoms with Crippen LogP contribution in [0.2, 0.25) is 5.02 Å². The van der Waals surface area contributed by atoms with Crippen molar-refractivity contribution >= 4 is 29.1 Å². The van der Waals surface area contributed by atoms with E-state index in [9.17, 15) is 31.5 Å². The fourth-order valence-corrected chi connectivity index (χ4v) is 4.47. The van der Waals surface area contributed by atoms with Crippen LogP contribution in [0.1, 0.15) is 49.1 Å². The molecule has 3 aromatic carbocycles. The molecule has 1 aliphatic heterocycles. The van der Waals surface area contributed by atoms with Crippen molar-refractivity contribution in [2.45, 2.75) is 12.2 Å². The number of hydrogen-bond donors (Lipinski definition) is 2. The van der Waals surface area contributed by atoms with Crippen molar-refractivity contribution in [3.05, 3.63) is 111 Å². The van der Waals surface area contributed by atoms with Gasteiger partial charge >= 0.3 is 6.18 Å². The smallest absolute Gasteiger partial charge is 0.341 e. The Hall–Kier alpha value is -4.76. The summed E-state index contributed by atoms with van der Waals surface area (Å²) >= 11 is 6.27. The number of halogens is 6. The quantitative estimate of drug-likeness (QED) is 0.311. The number of nitrogens with one attached hydrogen (secondary N) is 2. The van der Waals surface area contributed by atoms with E-state index >= 15 is 0 Å². The van der Waals surface area contributed by atoms with E-state index in [0.717, 1.165) is 12.1 Å². The zero-order valence-electron chi connectivity index (χ0n) is 19.3. The van der Waals surface area contributed by atoms with Gasteiger partial charge in [0.05, 0.1) is 11.6 Å². The number of hydrogen-bond acceptors (Lipinski definition) is 4. The maximum atomic E-state index is 14.1. The van der Waals surface area contributed by atoms with E-state index in [0.29, 0.717) is 12.1 Å². The van der Waals surface area contributed by atoms with Crippen molar-refractivity contribution in [3.8, 4) is 11.8 Å². The Morgan fingerprint density at radius 3 is 2.56 bits per heavy atom. The number of benzene rings is 3. The summed E-state index contributed by atoms with van der Waals surface area (Å²) in [4.78, 5) is 30.0. The Morgan fingerprint density at radius 2 is 1.87 bits per heavy atom. The molecular weight excluding hydrogens is 545 g/mol. The minimum Gasteiger partial charge on any atom is -0.341 e. The highest BCUT2D eigenvalue weighted by Gasteiger charge is 2.36. The first kappa shape index (κ1) is 25.9. The molecule has 0 fully saturated rings. The minimum atomic E-state index is -4.91. The lowest BCUT2D eigenvalue weighted by molar-refractivity contribution is -0.137. The first-order valence-corrected chi connectivity index (χ1v) is 11.4. The minimum absolute atomic E-state index is 0.0376. The van der Waals surface area contributed by atoms with Crippen LogP contribution in [0.4, 0.5) is 27.6 Å². The molecule has 1 atom stereocenters. The van der Waals surface area contributed by atoms with Crippen molar-refractivity contribution in [2.24, 2.45) is 0 Å². The first-order chi connectivity index (χ1) is 18.4. The van der Waals surface area contributed by atoms with Crippen LogP contribution in [-0.2, 0) is 6.18 Å². The van der Waals surface area contributed by atoms with E-state index in [1.54, 1.807) is 0 Å². The summed E-state index contributed by atoms with van der Waals surface area (Å²) in [6, 6.07) is 8.48. The molecule has 4 aromatic rings. The fraction of sp³-hybridized carbons (Fsp3) is 0.0769. The van der Waals surface area contributed by atoms with Gasteiger partial charge in [-0.25, -0.2) is 13.8 Å². The van der Waals surface area contributed by atoms with Crippen molar-refractivity contribution in [2.75, 3.05) is 5.32 Å². The monoisotopic (exact) mass is 557 g/mol. The van der Waals surface area contributed by atoms with Crippen molar-refractivity contribution in [1.82, 2.24) is 14.9 Å². The largest absolute Gasteiger partial charge is 0.416 e. The summed E-state index contributed by atoms with van der Waals surface area (Å²) in [5.41, 5.74) is -1.39. The molecule has 13 heteroatoms. The van der Waals surface area contributed by atoms with Crippen LogP contribution in [0.5, 0.6) is 0 Å². The van der Waals surface area contributed by atoms with Gasteiger partial charge in [0.1, 0.15) is 24.0 Å². The number of anilines is 1. The van der Waals surface area contributed by atoms with E-state index in [1.807, 2.05) is 6.07 Å². The van der Waals surface area contributed by atoms with Gasteiger partial charge in [-0.15, -0.1) is 0 Å². The third-order valence-corrected chi connectivity index (χ3v) is 6.32. The molecule has 0 aliphatic carbocycles. The van der Waals surface area contributed by atoms with Gasteiger partial charge in [0, 0.05) is 44.8 Å². The Balaban J connectivity index is 1.66. The van der Waals surface area contributed by atoms with Crippen LogP contribution in [0, 0.1) is 23.0 Å². The van der Waals surface area contributed by atoms with Gasteiger partial charge in [-0.3, -0.25) is 9.59 Å². The zero-order valence-corrected chi connectivity index (χ0v) is 20.0. The summed E-state index contributed by atoms with van der Waals surface area (Å²) in [6.07, 6.45) is -2.28. The SMILES string of the molecule is N#Cc1cn(-c2cc(NC(=O)c3cc(F)cc(C(F)(F)F)c3)c3c(c2)C(=O)NC3c2cc(F)ccc2Cl)cn1. The number of amides is 2. The molecule has 5 rings (SSSR count). The zero-order chi connectivity index (χ0) is 28.1. The van der Waals surface area contributed by atoms with Crippen molar-refractivity contribution in [1.29, 1.82) is 5.26 Å². The summed E-state index contributed by atoms with van der Waals surface area (Å²) in [6.45, 7) is 0. The standard InChI is InChI=1S/C26H13ClF5N5O2/c27-20-2-1-14(28)6-18(20)23-22-19(25(39)36-23)7-17(37-10-16(9-33)34-11-37)8-21(22)35-24(38)12-3-13(26(30,31)32)5-15(29)4-12/h1-8,10-11,23H,(H,35,38)(H,36,39). The molecule has 0 saturated carbocycles. The van der Waals surface area contributed by atoms with E-state index in [1.165, 1.54) is 35.3 Å². The molecule has 196 valence electrons. The maximum absolute atomic E-state index is 14.1. The van der Waals surface area contributed by atoms with Gasteiger partial charge in [-0.05, 0) is 48.5 Å². The molecule has 1 unspecified atom stereocenters. The lowest BCUT2D eigenvalue weighted by Crippen LogP contribution is -2.21. The average Bonchev–Trinajstić information content (AvgIpc) is 3.49. The predicted octanol–water partition coefficient (Wildman–Crippen LogP) is 5.78. The number of aromatic nitrogens is 2. The van der Waals surface area contributed by atoms with Crippen LogP contribution in [0.3, 0.4) is 0 Å². The van der Waals surface area contributed by atoms with Crippen LogP contribution in [-0.4, -0.2) is 21.4 Å². The average molecular weight is 558 g/mol. The van der Waals surface area contributed by atoms with Crippen LogP contribution < -0.4 is 10.6 Å². The molecule has 1 aliphatic rings. The molecule has 0 bridgehead atoms. The van der Waals surface area contributed by atoms with Gasteiger partial charge in [-0.1, -0.05) is 11.6 Å². The number of carbonyl (C=O) groups excluding carboxylic acids is 2. The summed E-state index contributed by atoms with van der Waals surface area (Å²) < 4.78 is 69.1. The second kappa shape index (κ2) is 9.52. The van der Waals surface area contributed by atoms with Crippen LogP contribution in [0.15, 0.2) is 61.1 Å². The normalized spacial score (nSPS) is 14.5. The van der Waals surface area contributed by atoms with Gasteiger partial charge in [-0.2, -0.15) is 18.4 Å². The van der Waals surface area contributed by atoms with E-state index in [2.05, 4.69) is 15.6 Å². The summed E-state index contributed by atoms with van der Waals surface area (Å²) in [7, 11) is 0. The van der Waals surface area contributed by atoms with E-state index in [-0.39, 0.29) is 44.8 Å². The number of alkyl halides is 3. The highest BCUT2D eigenvalue weighted by molar-refractivity contribution is 6.31. The Labute approximate surface area is 221 Å². The van der Waals surface area contributed by atoms with Crippen LogP contribution in [0.25, 0.3) is 5.69 Å². The van der Waals surface area contributed by atoms with E-state index < -0.39 is 46.8 Å². The summed E-state index contributed by atoms with van der Waals surface area (Å²) in [5, 5.41) is 14.3. The molecule has 7 nitrogen and oxygen atoms in total. The third-order valence-electron chi connectivity index (χ3n) is 5.97. The van der Waals surface area contributed by atoms with Gasteiger partial charge in [0.2, 0.25) is 0 Å². The number of fused-ring (bicyclic) bond motifs is 1. The second-order valence-corrected chi connectivity index (χ2v) is 8.89. The predicted molar refractivity (Wildman–Crippen MR) is 128 cm³/mol. The maximum Gasteiger partial charge on any atom is 0.416 e. The Bertz CT molecular complexity index is 1710. The second-order valence-electron chi connectivity index (χ2n) is 8.49. The molecule has 39 heavy (non-hydrogen) atoms. The highest BCUT2D eigenvalue weighted by atomic mass is 35.5. The molecule has 0 radical (unpaired) electrons. The third kappa shape index (κ3) is 4.92.